The number of ether oxygens (including phenoxy) is 2. The fourth-order valence-electron chi connectivity index (χ4n) is 4.20. The first-order chi connectivity index (χ1) is 13.7. The topological polar surface area (TPSA) is 72.7 Å². The lowest BCUT2D eigenvalue weighted by Gasteiger charge is -2.36. The summed E-state index contributed by atoms with van der Waals surface area (Å²) in [4.78, 5) is 4.37. The van der Waals surface area contributed by atoms with Crippen LogP contribution < -0.4 is 5.43 Å². The first-order valence-electron chi connectivity index (χ1n) is 9.77. The number of hydrogen-bond donors (Lipinski definition) is 1. The highest BCUT2D eigenvalue weighted by atomic mass is 16.5. The molecule has 0 aliphatic carbocycles. The molecule has 5 heterocycles. The molecule has 5 rings (SSSR count). The summed E-state index contributed by atoms with van der Waals surface area (Å²) in [7, 11) is 0. The van der Waals surface area contributed by atoms with Gasteiger partial charge >= 0.3 is 0 Å². The van der Waals surface area contributed by atoms with E-state index in [0.717, 1.165) is 47.0 Å². The molecular weight excluding hydrogens is 356 g/mol. The van der Waals surface area contributed by atoms with Crippen molar-refractivity contribution in [2.24, 2.45) is 0 Å². The number of fused-ring (bicyclic) bond motifs is 2. The van der Waals surface area contributed by atoms with Gasteiger partial charge in [-0.05, 0) is 51.3 Å². The molecule has 28 heavy (non-hydrogen) atoms. The minimum absolute atomic E-state index is 0.266. The second-order valence-electron chi connectivity index (χ2n) is 7.58. The Morgan fingerprint density at radius 3 is 2.96 bits per heavy atom. The summed E-state index contributed by atoms with van der Waals surface area (Å²) in [5.74, 6) is 1.54. The third kappa shape index (κ3) is 3.05. The predicted octanol–water partition coefficient (Wildman–Crippen LogP) is 3.37. The van der Waals surface area contributed by atoms with E-state index in [1.807, 2.05) is 50.5 Å². The second-order valence-corrected chi connectivity index (χ2v) is 7.58. The van der Waals surface area contributed by atoms with Gasteiger partial charge in [-0.3, -0.25) is 9.99 Å². The first-order valence-corrected chi connectivity index (χ1v) is 9.77. The minimum Gasteiger partial charge on any atom is -0.473 e. The average Bonchev–Trinajstić information content (AvgIpc) is 3.43. The highest BCUT2D eigenvalue weighted by Crippen LogP contribution is 2.38. The van der Waals surface area contributed by atoms with Crippen LogP contribution in [0, 0.1) is 13.8 Å². The lowest BCUT2D eigenvalue weighted by atomic mass is 9.95. The average molecular weight is 380 g/mol. The van der Waals surface area contributed by atoms with E-state index in [2.05, 4.69) is 20.6 Å². The Morgan fingerprint density at radius 1 is 1.29 bits per heavy atom. The Bertz CT molecular complexity index is 918. The van der Waals surface area contributed by atoms with Crippen molar-refractivity contribution in [3.05, 3.63) is 59.6 Å². The van der Waals surface area contributed by atoms with Gasteiger partial charge in [0.2, 0.25) is 5.88 Å². The van der Waals surface area contributed by atoms with Gasteiger partial charge in [-0.25, -0.2) is 0 Å². The third-order valence-electron chi connectivity index (χ3n) is 5.73. The van der Waals surface area contributed by atoms with Crippen LogP contribution in [0.25, 0.3) is 11.3 Å². The second kappa shape index (κ2) is 6.98. The third-order valence-corrected chi connectivity index (χ3v) is 5.73. The molecule has 2 bridgehead atoms. The molecule has 2 aromatic heterocycles. The highest BCUT2D eigenvalue weighted by molar-refractivity contribution is 5.62. The number of aromatic nitrogens is 2. The molecule has 3 aliphatic heterocycles. The molecule has 0 spiro atoms. The molecule has 2 saturated heterocycles. The summed E-state index contributed by atoms with van der Waals surface area (Å²) in [5, 5.41) is 6.33. The molecule has 7 heteroatoms. The van der Waals surface area contributed by atoms with Gasteiger partial charge in [0.25, 0.3) is 0 Å². The number of hydrogen-bond acceptors (Lipinski definition) is 7. The first kappa shape index (κ1) is 17.3. The minimum atomic E-state index is 0.266. The van der Waals surface area contributed by atoms with Crippen LogP contribution in [0.15, 0.2) is 47.1 Å². The summed E-state index contributed by atoms with van der Waals surface area (Å²) in [6.45, 7) is 4.25. The monoisotopic (exact) mass is 380 g/mol. The SMILES string of the molecule is Cc1ccc(-c2noc(C)c2COC2=CC=CNN2[C@@H]2C[C@@H]3CC[C@@H]2O3)cn1. The Balaban J connectivity index is 1.34. The van der Waals surface area contributed by atoms with E-state index in [1.165, 1.54) is 6.42 Å². The van der Waals surface area contributed by atoms with Crippen LogP contribution in [0.3, 0.4) is 0 Å². The van der Waals surface area contributed by atoms with E-state index in [-0.39, 0.29) is 6.10 Å². The van der Waals surface area contributed by atoms with Crippen LogP contribution in [-0.2, 0) is 16.1 Å². The zero-order valence-corrected chi connectivity index (χ0v) is 16.1. The maximum absolute atomic E-state index is 6.22. The van der Waals surface area contributed by atoms with Crippen molar-refractivity contribution in [1.82, 2.24) is 20.6 Å². The van der Waals surface area contributed by atoms with Crippen molar-refractivity contribution in [3.8, 4) is 11.3 Å². The molecule has 3 aliphatic rings. The van der Waals surface area contributed by atoms with Crippen molar-refractivity contribution in [2.75, 3.05) is 0 Å². The van der Waals surface area contributed by atoms with E-state index in [4.69, 9.17) is 14.0 Å². The lowest BCUT2D eigenvalue weighted by molar-refractivity contribution is 0.0184. The van der Waals surface area contributed by atoms with Crippen LogP contribution in [0.4, 0.5) is 0 Å². The number of pyridine rings is 1. The van der Waals surface area contributed by atoms with Crippen LogP contribution in [0.1, 0.15) is 36.3 Å². The van der Waals surface area contributed by atoms with Gasteiger partial charge in [0.15, 0.2) is 0 Å². The van der Waals surface area contributed by atoms with Gasteiger partial charge in [0.05, 0.1) is 23.8 Å². The van der Waals surface area contributed by atoms with Crippen LogP contribution in [0.2, 0.25) is 0 Å². The molecule has 2 aromatic rings. The number of rotatable bonds is 5. The summed E-state index contributed by atoms with van der Waals surface area (Å²) in [6, 6.07) is 4.27. The Kier molecular flexibility index (Phi) is 4.31. The van der Waals surface area contributed by atoms with Gasteiger partial charge in [0.1, 0.15) is 18.1 Å². The van der Waals surface area contributed by atoms with E-state index in [1.54, 1.807) is 0 Å². The molecule has 0 amide bonds. The van der Waals surface area contributed by atoms with Crippen molar-refractivity contribution in [1.29, 1.82) is 0 Å². The number of hydrazine groups is 1. The highest BCUT2D eigenvalue weighted by Gasteiger charge is 2.45. The normalized spacial score (nSPS) is 25.7. The zero-order valence-electron chi connectivity index (χ0n) is 16.1. The van der Waals surface area contributed by atoms with Gasteiger partial charge < -0.3 is 19.4 Å². The van der Waals surface area contributed by atoms with Crippen LogP contribution in [0.5, 0.6) is 0 Å². The van der Waals surface area contributed by atoms with Crippen LogP contribution in [-0.4, -0.2) is 33.4 Å². The molecule has 3 atom stereocenters. The predicted molar refractivity (Wildman–Crippen MR) is 102 cm³/mol. The van der Waals surface area contributed by atoms with Crippen molar-refractivity contribution in [2.45, 2.75) is 58.0 Å². The molecular formula is C21H24N4O3. The summed E-state index contributed by atoms with van der Waals surface area (Å²) >= 11 is 0. The van der Waals surface area contributed by atoms with Crippen molar-refractivity contribution in [3.63, 3.8) is 0 Å². The lowest BCUT2D eigenvalue weighted by Crippen LogP contribution is -2.48. The van der Waals surface area contributed by atoms with E-state index in [9.17, 15) is 0 Å². The molecule has 0 radical (unpaired) electrons. The Hall–Kier alpha value is -2.80. The van der Waals surface area contributed by atoms with E-state index >= 15 is 0 Å². The van der Waals surface area contributed by atoms with Gasteiger partial charge in [-0.2, -0.15) is 0 Å². The molecule has 0 aromatic carbocycles. The Labute approximate surface area is 164 Å². The quantitative estimate of drug-likeness (QED) is 0.853. The maximum Gasteiger partial charge on any atom is 0.208 e. The fraction of sp³-hybridized carbons (Fsp3) is 0.429. The number of nitrogens with one attached hydrogen (secondary N) is 1. The molecule has 146 valence electrons. The summed E-state index contributed by atoms with van der Waals surface area (Å²) in [5.41, 5.74) is 6.93. The van der Waals surface area contributed by atoms with E-state index < -0.39 is 0 Å². The molecule has 1 N–H and O–H groups in total. The molecule has 2 fully saturated rings. The van der Waals surface area contributed by atoms with Gasteiger partial charge in [-0.15, -0.1) is 0 Å². The number of aryl methyl sites for hydroxylation is 2. The van der Waals surface area contributed by atoms with Crippen molar-refractivity contribution >= 4 is 0 Å². The fourth-order valence-corrected chi connectivity index (χ4v) is 4.20. The molecule has 0 unspecified atom stereocenters. The maximum atomic E-state index is 6.22. The smallest absolute Gasteiger partial charge is 0.208 e. The number of nitrogens with zero attached hydrogens (tertiary/aromatic N) is 3. The van der Waals surface area contributed by atoms with Crippen molar-refractivity contribution < 1.29 is 14.0 Å². The summed E-state index contributed by atoms with van der Waals surface area (Å²) < 4.78 is 17.7. The largest absolute Gasteiger partial charge is 0.473 e. The Morgan fingerprint density at radius 2 is 2.21 bits per heavy atom. The summed E-state index contributed by atoms with van der Waals surface area (Å²) in [6.07, 6.45) is 11.6. The number of allylic oxidation sites excluding steroid dienone is 2. The van der Waals surface area contributed by atoms with Crippen LogP contribution >= 0.6 is 0 Å². The van der Waals surface area contributed by atoms with Gasteiger partial charge in [-0.1, -0.05) is 5.16 Å². The van der Waals surface area contributed by atoms with Gasteiger partial charge in [0, 0.05) is 29.7 Å². The molecule has 0 saturated carbocycles. The van der Waals surface area contributed by atoms with E-state index in [0.29, 0.717) is 18.8 Å². The standard InChI is InChI=1S/C21H24N4O3/c1-13-5-6-15(11-22-13)21-17(14(2)28-24-21)12-26-20-4-3-9-23-25(20)18-10-16-7-8-19(18)27-16/h3-6,9,11,16,18-19,23H,7-8,10,12H2,1-2H3/t16-,18+,19-/m0/s1. The molecule has 7 nitrogen and oxygen atoms in total. The zero-order chi connectivity index (χ0) is 19.1.